The van der Waals surface area contributed by atoms with E-state index in [4.69, 9.17) is 15.9 Å². The number of hydrogen-bond acceptors (Lipinski definition) is 7. The van der Waals surface area contributed by atoms with Crippen LogP contribution in [0.3, 0.4) is 0 Å². The van der Waals surface area contributed by atoms with Gasteiger partial charge in [-0.2, -0.15) is 0 Å². The number of amides is 1. The predicted octanol–water partition coefficient (Wildman–Crippen LogP) is 0.711. The van der Waals surface area contributed by atoms with Gasteiger partial charge in [-0.1, -0.05) is 6.07 Å². The van der Waals surface area contributed by atoms with E-state index in [1.165, 1.54) is 4.90 Å². The van der Waals surface area contributed by atoms with Gasteiger partial charge in [-0.3, -0.25) is 9.69 Å². The largest absolute Gasteiger partial charge is 0.418 e. The number of aliphatic imine (C=N–C) groups is 1. The average Bonchev–Trinajstić information content (AvgIpc) is 2.95. The fourth-order valence-electron chi connectivity index (χ4n) is 2.26. The Morgan fingerprint density at radius 1 is 1.32 bits per heavy atom. The van der Waals surface area contributed by atoms with E-state index >= 15 is 0 Å². The SMILES string of the molecule is CN1C(=O)C[C@@](C)(c2nnc(-c3cccc(N)c3)o2)N=C1N. The topological polar surface area (TPSA) is 124 Å². The highest BCUT2D eigenvalue weighted by Gasteiger charge is 2.40. The molecule has 0 fully saturated rings. The lowest BCUT2D eigenvalue weighted by atomic mass is 9.96. The Hall–Kier alpha value is -2.90. The molecule has 1 aromatic heterocycles. The van der Waals surface area contributed by atoms with Gasteiger partial charge in [-0.15, -0.1) is 10.2 Å². The molecule has 1 amide bonds. The van der Waals surface area contributed by atoms with E-state index < -0.39 is 5.54 Å². The Bertz CT molecular complexity index is 768. The van der Waals surface area contributed by atoms with Crippen LogP contribution in [0.4, 0.5) is 5.69 Å². The molecule has 22 heavy (non-hydrogen) atoms. The van der Waals surface area contributed by atoms with Crippen molar-refractivity contribution in [2.75, 3.05) is 12.8 Å². The van der Waals surface area contributed by atoms with E-state index in [1.54, 1.807) is 32.2 Å². The molecule has 0 saturated carbocycles. The van der Waals surface area contributed by atoms with Crippen molar-refractivity contribution in [1.29, 1.82) is 0 Å². The Kier molecular flexibility index (Phi) is 3.09. The maximum Gasteiger partial charge on any atom is 0.247 e. The molecule has 1 aromatic carbocycles. The maximum atomic E-state index is 12.0. The number of guanidine groups is 1. The Morgan fingerprint density at radius 3 is 2.77 bits per heavy atom. The monoisotopic (exact) mass is 300 g/mol. The third kappa shape index (κ3) is 2.28. The van der Waals surface area contributed by atoms with Crippen molar-refractivity contribution in [3.05, 3.63) is 30.2 Å². The Balaban J connectivity index is 1.99. The van der Waals surface area contributed by atoms with Crippen LogP contribution in [0.15, 0.2) is 33.7 Å². The second-order valence-electron chi connectivity index (χ2n) is 5.41. The van der Waals surface area contributed by atoms with Crippen molar-refractivity contribution in [2.45, 2.75) is 18.9 Å². The van der Waals surface area contributed by atoms with Gasteiger partial charge in [0.25, 0.3) is 0 Å². The highest BCUT2D eigenvalue weighted by Crippen LogP contribution is 2.33. The number of aromatic nitrogens is 2. The van der Waals surface area contributed by atoms with Gasteiger partial charge in [0.1, 0.15) is 5.54 Å². The smallest absolute Gasteiger partial charge is 0.247 e. The first kappa shape index (κ1) is 14.1. The molecule has 0 bridgehead atoms. The third-order valence-electron chi connectivity index (χ3n) is 3.59. The minimum Gasteiger partial charge on any atom is -0.418 e. The lowest BCUT2D eigenvalue weighted by Crippen LogP contribution is -2.47. The zero-order valence-electron chi connectivity index (χ0n) is 12.3. The third-order valence-corrected chi connectivity index (χ3v) is 3.59. The molecule has 8 nitrogen and oxygen atoms in total. The molecule has 2 aromatic rings. The number of nitrogens with zero attached hydrogens (tertiary/aromatic N) is 4. The summed E-state index contributed by atoms with van der Waals surface area (Å²) in [5.41, 5.74) is 11.9. The summed E-state index contributed by atoms with van der Waals surface area (Å²) in [6.07, 6.45) is 0.114. The van der Waals surface area contributed by atoms with Crippen LogP contribution in [0.5, 0.6) is 0 Å². The van der Waals surface area contributed by atoms with Crippen LogP contribution in [0.2, 0.25) is 0 Å². The van der Waals surface area contributed by atoms with Crippen molar-refractivity contribution in [2.24, 2.45) is 10.7 Å². The molecule has 0 saturated heterocycles. The second kappa shape index (κ2) is 4.83. The first-order chi connectivity index (χ1) is 10.4. The van der Waals surface area contributed by atoms with Gasteiger partial charge in [0.15, 0.2) is 5.96 Å². The van der Waals surface area contributed by atoms with Gasteiger partial charge in [0.05, 0.1) is 6.42 Å². The van der Waals surface area contributed by atoms with Gasteiger partial charge in [-0.05, 0) is 25.1 Å². The first-order valence-corrected chi connectivity index (χ1v) is 6.71. The van der Waals surface area contributed by atoms with Crippen LogP contribution in [0.1, 0.15) is 19.2 Å². The van der Waals surface area contributed by atoms with E-state index in [2.05, 4.69) is 15.2 Å². The zero-order chi connectivity index (χ0) is 15.9. The molecule has 4 N–H and O–H groups in total. The molecule has 114 valence electrons. The summed E-state index contributed by atoms with van der Waals surface area (Å²) in [5.74, 6) is 0.541. The van der Waals surface area contributed by atoms with Crippen LogP contribution in [-0.2, 0) is 10.3 Å². The molecule has 1 aliphatic heterocycles. The summed E-state index contributed by atoms with van der Waals surface area (Å²) in [6, 6.07) is 7.11. The first-order valence-electron chi connectivity index (χ1n) is 6.71. The minimum absolute atomic E-state index is 0.114. The van der Waals surface area contributed by atoms with Crippen molar-refractivity contribution in [3.63, 3.8) is 0 Å². The summed E-state index contributed by atoms with van der Waals surface area (Å²) in [4.78, 5) is 17.6. The number of carbonyl (C=O) groups excluding carboxylic acids is 1. The normalized spacial score (nSPS) is 21.8. The molecule has 0 radical (unpaired) electrons. The molecule has 0 aliphatic carbocycles. The van der Waals surface area contributed by atoms with Crippen LogP contribution < -0.4 is 11.5 Å². The van der Waals surface area contributed by atoms with Crippen molar-refractivity contribution < 1.29 is 9.21 Å². The van der Waals surface area contributed by atoms with E-state index in [0.717, 1.165) is 0 Å². The predicted molar refractivity (Wildman–Crippen MR) is 80.5 cm³/mol. The lowest BCUT2D eigenvalue weighted by Gasteiger charge is -2.30. The van der Waals surface area contributed by atoms with Gasteiger partial charge < -0.3 is 15.9 Å². The number of nitrogens with two attached hydrogens (primary N) is 2. The Morgan fingerprint density at radius 2 is 2.09 bits per heavy atom. The summed E-state index contributed by atoms with van der Waals surface area (Å²) < 4.78 is 5.69. The van der Waals surface area contributed by atoms with Crippen LogP contribution in [0.25, 0.3) is 11.5 Å². The van der Waals surface area contributed by atoms with Gasteiger partial charge in [0.2, 0.25) is 17.7 Å². The molecule has 1 atom stereocenters. The van der Waals surface area contributed by atoms with Crippen molar-refractivity contribution in [1.82, 2.24) is 15.1 Å². The standard InChI is InChI=1S/C14H16N6O2/c1-14(7-10(21)20(2)13(16)17-14)12-19-18-11(22-12)8-4-3-5-9(15)6-8/h3-6H,7,15H2,1-2H3,(H2,16,17)/t14-/m0/s1. The minimum atomic E-state index is -0.959. The molecule has 0 spiro atoms. The number of benzene rings is 1. The van der Waals surface area contributed by atoms with E-state index in [0.29, 0.717) is 17.1 Å². The Labute approximate surface area is 126 Å². The fraction of sp³-hybridized carbons (Fsp3) is 0.286. The van der Waals surface area contributed by atoms with Crippen LogP contribution in [-0.4, -0.2) is 34.0 Å². The van der Waals surface area contributed by atoms with Gasteiger partial charge in [-0.25, -0.2) is 4.99 Å². The molecule has 2 heterocycles. The summed E-state index contributed by atoms with van der Waals surface area (Å²) >= 11 is 0. The van der Waals surface area contributed by atoms with E-state index in [1.807, 2.05) is 6.07 Å². The molecule has 0 unspecified atom stereocenters. The molecule has 8 heteroatoms. The number of carbonyl (C=O) groups is 1. The average molecular weight is 300 g/mol. The van der Waals surface area contributed by atoms with Crippen molar-refractivity contribution >= 4 is 17.6 Å². The fourth-order valence-corrected chi connectivity index (χ4v) is 2.26. The van der Waals surface area contributed by atoms with Crippen LogP contribution in [0, 0.1) is 0 Å². The van der Waals surface area contributed by atoms with Gasteiger partial charge >= 0.3 is 0 Å². The molecular weight excluding hydrogens is 284 g/mol. The van der Waals surface area contributed by atoms with E-state index in [9.17, 15) is 4.79 Å². The molecule has 3 rings (SSSR count). The lowest BCUT2D eigenvalue weighted by molar-refractivity contribution is -0.128. The summed E-state index contributed by atoms with van der Waals surface area (Å²) in [6.45, 7) is 1.74. The van der Waals surface area contributed by atoms with E-state index in [-0.39, 0.29) is 24.2 Å². The second-order valence-corrected chi connectivity index (χ2v) is 5.41. The number of anilines is 1. The summed E-state index contributed by atoms with van der Waals surface area (Å²) in [7, 11) is 1.58. The maximum absolute atomic E-state index is 12.0. The quantitative estimate of drug-likeness (QED) is 0.787. The van der Waals surface area contributed by atoms with Crippen molar-refractivity contribution in [3.8, 4) is 11.5 Å². The van der Waals surface area contributed by atoms with Crippen LogP contribution >= 0.6 is 0 Å². The molecular formula is C14H16N6O2. The highest BCUT2D eigenvalue weighted by atomic mass is 16.4. The number of nitrogen functional groups attached to an aromatic ring is 1. The van der Waals surface area contributed by atoms with Gasteiger partial charge in [0, 0.05) is 18.3 Å². The highest BCUT2D eigenvalue weighted by molar-refractivity contribution is 5.98. The molecule has 1 aliphatic rings. The number of rotatable bonds is 2. The zero-order valence-corrected chi connectivity index (χ0v) is 12.3. The number of hydrogen-bond donors (Lipinski definition) is 2. The summed E-state index contributed by atoms with van der Waals surface area (Å²) in [5, 5.41) is 8.03.